The van der Waals surface area contributed by atoms with Crippen molar-refractivity contribution in [1.82, 2.24) is 4.57 Å². The van der Waals surface area contributed by atoms with Gasteiger partial charge in [0.25, 0.3) is 0 Å². The molecule has 0 amide bonds. The molecule has 1 heterocycles. The molecule has 0 N–H and O–H groups in total. The average molecular weight is 273 g/mol. The third-order valence-corrected chi connectivity index (χ3v) is 3.44. The van der Waals surface area contributed by atoms with Gasteiger partial charge in [-0.2, -0.15) is 0 Å². The van der Waals surface area contributed by atoms with Crippen molar-refractivity contribution < 1.29 is 9.53 Å². The summed E-state index contributed by atoms with van der Waals surface area (Å²) in [5.74, 6) is 0. The molecule has 0 bridgehead atoms. The van der Waals surface area contributed by atoms with Crippen molar-refractivity contribution in [3.63, 3.8) is 0 Å². The molecule has 1 aromatic carbocycles. The first-order chi connectivity index (χ1) is 9.24. The van der Waals surface area contributed by atoms with Gasteiger partial charge in [-0.15, -0.1) is 0 Å². The fourth-order valence-corrected chi connectivity index (χ4v) is 2.70. The molecule has 1 aromatic heterocycles. The Morgan fingerprint density at radius 1 is 1.25 bits per heavy atom. The summed E-state index contributed by atoms with van der Waals surface area (Å²) in [6.07, 6.45) is 2.45. The Morgan fingerprint density at radius 3 is 2.45 bits per heavy atom. The molecule has 0 atom stereocenters. The number of rotatable bonds is 1. The molecule has 0 saturated heterocycles. The number of benzene rings is 1. The molecule has 0 unspecified atom stereocenters. The number of fused-ring (bicyclic) bond motifs is 1. The van der Waals surface area contributed by atoms with Gasteiger partial charge in [-0.1, -0.05) is 13.0 Å². The zero-order valence-electron chi connectivity index (χ0n) is 13.2. The fraction of sp³-hybridized carbons (Fsp3) is 0.471. The summed E-state index contributed by atoms with van der Waals surface area (Å²) in [6.45, 7) is 11.9. The third-order valence-electron chi connectivity index (χ3n) is 3.44. The van der Waals surface area contributed by atoms with Gasteiger partial charge >= 0.3 is 6.09 Å². The van der Waals surface area contributed by atoms with E-state index in [9.17, 15) is 4.79 Å². The number of carbonyl (C=O) groups excluding carboxylic acids is 1. The molecule has 3 heteroatoms. The van der Waals surface area contributed by atoms with Crippen LogP contribution >= 0.6 is 0 Å². The van der Waals surface area contributed by atoms with E-state index < -0.39 is 5.60 Å². The van der Waals surface area contributed by atoms with E-state index >= 15 is 0 Å². The van der Waals surface area contributed by atoms with Gasteiger partial charge in [-0.25, -0.2) is 4.79 Å². The molecule has 0 spiro atoms. The molecular weight excluding hydrogens is 250 g/mol. The summed E-state index contributed by atoms with van der Waals surface area (Å²) in [6, 6.07) is 4.15. The number of hydrogen-bond acceptors (Lipinski definition) is 2. The SMILES string of the molecule is CCc1c(C)cc(C)c2c1ccn2C(=O)OC(C)(C)C. The van der Waals surface area contributed by atoms with E-state index in [-0.39, 0.29) is 6.09 Å². The van der Waals surface area contributed by atoms with Crippen LogP contribution in [0.3, 0.4) is 0 Å². The predicted octanol–water partition coefficient (Wildman–Crippen LogP) is 4.60. The van der Waals surface area contributed by atoms with Crippen LogP contribution in [0.4, 0.5) is 4.79 Å². The smallest absolute Gasteiger partial charge is 0.418 e. The van der Waals surface area contributed by atoms with E-state index in [1.807, 2.05) is 40.0 Å². The number of carbonyl (C=O) groups is 1. The molecule has 108 valence electrons. The standard InChI is InChI=1S/C17H23NO2/c1-7-13-11(2)10-12(3)15-14(13)8-9-18(15)16(19)20-17(4,5)6/h8-10H,7H2,1-6H3. The first-order valence-corrected chi connectivity index (χ1v) is 7.08. The van der Waals surface area contributed by atoms with E-state index in [2.05, 4.69) is 19.9 Å². The zero-order chi connectivity index (χ0) is 15.1. The van der Waals surface area contributed by atoms with E-state index in [1.54, 1.807) is 4.57 Å². The minimum atomic E-state index is -0.486. The molecule has 0 aliphatic carbocycles. The van der Waals surface area contributed by atoms with E-state index in [1.165, 1.54) is 11.1 Å². The van der Waals surface area contributed by atoms with Gasteiger partial charge in [-0.05, 0) is 63.8 Å². The lowest BCUT2D eigenvalue weighted by Crippen LogP contribution is -2.26. The number of aromatic nitrogens is 1. The maximum Gasteiger partial charge on any atom is 0.418 e. The van der Waals surface area contributed by atoms with Crippen LogP contribution in [0.5, 0.6) is 0 Å². The predicted molar refractivity (Wildman–Crippen MR) is 82.4 cm³/mol. The van der Waals surface area contributed by atoms with Gasteiger partial charge in [0.2, 0.25) is 0 Å². The summed E-state index contributed by atoms with van der Waals surface area (Å²) in [4.78, 5) is 12.3. The molecule has 2 rings (SSSR count). The minimum Gasteiger partial charge on any atom is -0.443 e. The van der Waals surface area contributed by atoms with Crippen molar-refractivity contribution >= 4 is 17.0 Å². The Labute approximate surface area is 120 Å². The highest BCUT2D eigenvalue weighted by molar-refractivity contribution is 5.94. The lowest BCUT2D eigenvalue weighted by molar-refractivity contribution is 0.0544. The first-order valence-electron chi connectivity index (χ1n) is 7.08. The van der Waals surface area contributed by atoms with Gasteiger partial charge in [0, 0.05) is 11.6 Å². The van der Waals surface area contributed by atoms with Gasteiger partial charge in [-0.3, -0.25) is 4.57 Å². The number of nitrogens with zero attached hydrogens (tertiary/aromatic N) is 1. The Morgan fingerprint density at radius 2 is 1.90 bits per heavy atom. The van der Waals surface area contributed by atoms with Crippen LogP contribution in [-0.2, 0) is 11.2 Å². The topological polar surface area (TPSA) is 31.2 Å². The van der Waals surface area contributed by atoms with Crippen LogP contribution in [0.15, 0.2) is 18.3 Å². The molecule has 0 aliphatic rings. The summed E-state index contributed by atoms with van der Waals surface area (Å²) >= 11 is 0. The number of aryl methyl sites for hydroxylation is 3. The Bertz CT molecular complexity index is 660. The highest BCUT2D eigenvalue weighted by atomic mass is 16.6. The second-order valence-electron chi connectivity index (χ2n) is 6.27. The normalized spacial score (nSPS) is 11.9. The lowest BCUT2D eigenvalue weighted by Gasteiger charge is -2.20. The van der Waals surface area contributed by atoms with Crippen LogP contribution in [0.1, 0.15) is 44.4 Å². The molecule has 0 saturated carbocycles. The van der Waals surface area contributed by atoms with E-state index in [0.717, 1.165) is 22.9 Å². The van der Waals surface area contributed by atoms with Crippen molar-refractivity contribution in [2.24, 2.45) is 0 Å². The molecule has 3 nitrogen and oxygen atoms in total. The molecule has 20 heavy (non-hydrogen) atoms. The van der Waals surface area contributed by atoms with Gasteiger partial charge in [0.1, 0.15) is 5.60 Å². The van der Waals surface area contributed by atoms with Crippen LogP contribution in [0.25, 0.3) is 10.9 Å². The molecular formula is C17H23NO2. The third kappa shape index (κ3) is 2.58. The van der Waals surface area contributed by atoms with E-state index in [0.29, 0.717) is 0 Å². The number of hydrogen-bond donors (Lipinski definition) is 0. The molecule has 2 aromatic rings. The van der Waals surface area contributed by atoms with Crippen LogP contribution < -0.4 is 0 Å². The largest absolute Gasteiger partial charge is 0.443 e. The summed E-state index contributed by atoms with van der Waals surface area (Å²) in [5, 5.41) is 1.15. The lowest BCUT2D eigenvalue weighted by atomic mass is 9.99. The van der Waals surface area contributed by atoms with Crippen molar-refractivity contribution in [2.75, 3.05) is 0 Å². The Kier molecular flexibility index (Phi) is 3.63. The Hall–Kier alpha value is -1.77. The highest BCUT2D eigenvalue weighted by Crippen LogP contribution is 2.28. The second-order valence-corrected chi connectivity index (χ2v) is 6.27. The van der Waals surface area contributed by atoms with Gasteiger partial charge < -0.3 is 4.74 Å². The van der Waals surface area contributed by atoms with Crippen molar-refractivity contribution in [2.45, 2.75) is 53.6 Å². The molecule has 0 radical (unpaired) electrons. The van der Waals surface area contributed by atoms with Crippen molar-refractivity contribution in [3.05, 3.63) is 35.0 Å². The summed E-state index contributed by atoms with van der Waals surface area (Å²) in [5.41, 5.74) is 4.15. The monoisotopic (exact) mass is 273 g/mol. The first kappa shape index (κ1) is 14.6. The van der Waals surface area contributed by atoms with Crippen LogP contribution in [-0.4, -0.2) is 16.3 Å². The Balaban J connectivity index is 2.60. The van der Waals surface area contributed by atoms with E-state index in [4.69, 9.17) is 4.74 Å². The van der Waals surface area contributed by atoms with Crippen molar-refractivity contribution in [1.29, 1.82) is 0 Å². The number of ether oxygens (including phenoxy) is 1. The maximum atomic E-state index is 12.3. The highest BCUT2D eigenvalue weighted by Gasteiger charge is 2.20. The quantitative estimate of drug-likeness (QED) is 0.760. The van der Waals surface area contributed by atoms with Gasteiger partial charge in [0.05, 0.1) is 5.52 Å². The zero-order valence-corrected chi connectivity index (χ0v) is 13.2. The van der Waals surface area contributed by atoms with Crippen LogP contribution in [0.2, 0.25) is 0 Å². The fourth-order valence-electron chi connectivity index (χ4n) is 2.70. The maximum absolute atomic E-state index is 12.3. The van der Waals surface area contributed by atoms with Gasteiger partial charge in [0.15, 0.2) is 0 Å². The second kappa shape index (κ2) is 4.97. The minimum absolute atomic E-state index is 0.318. The van der Waals surface area contributed by atoms with Crippen LogP contribution in [0, 0.1) is 13.8 Å². The molecule has 0 aliphatic heterocycles. The molecule has 0 fully saturated rings. The summed E-state index contributed by atoms with van der Waals surface area (Å²) < 4.78 is 7.09. The average Bonchev–Trinajstić information content (AvgIpc) is 2.72. The van der Waals surface area contributed by atoms with Crippen molar-refractivity contribution in [3.8, 4) is 0 Å². The summed E-state index contributed by atoms with van der Waals surface area (Å²) in [7, 11) is 0.